The Bertz CT molecular complexity index is 927. The van der Waals surface area contributed by atoms with Crippen LogP contribution in [0.4, 0.5) is 0 Å². The van der Waals surface area contributed by atoms with Crippen molar-refractivity contribution in [2.24, 2.45) is 0 Å². The molecule has 1 saturated heterocycles. The van der Waals surface area contributed by atoms with Gasteiger partial charge in [-0.25, -0.2) is 0 Å². The van der Waals surface area contributed by atoms with Crippen molar-refractivity contribution in [1.29, 1.82) is 0 Å². The molecule has 6 atom stereocenters. The number of aliphatic hydroxyl groups is 4. The van der Waals surface area contributed by atoms with E-state index in [-0.39, 0.29) is 19.2 Å². The van der Waals surface area contributed by atoms with Crippen LogP contribution in [0.3, 0.4) is 0 Å². The van der Waals surface area contributed by atoms with Gasteiger partial charge < -0.3 is 39.4 Å². The Hall–Kier alpha value is -2.11. The second-order valence-corrected chi connectivity index (χ2v) is 12.6. The number of hydrogen-bond donors (Lipinski definition) is 4. The fourth-order valence-corrected chi connectivity index (χ4v) is 5.22. The van der Waals surface area contributed by atoms with E-state index in [9.17, 15) is 25.2 Å². The molecule has 0 radical (unpaired) electrons. The highest BCUT2D eigenvalue weighted by atomic mass is 16.7. The molecule has 0 aromatic heterocycles. The lowest BCUT2D eigenvalue weighted by molar-refractivity contribution is -0.305. The Labute approximate surface area is 296 Å². The number of ether oxygens (including phenoxy) is 4. The highest BCUT2D eigenvalue weighted by Crippen LogP contribution is 2.22. The van der Waals surface area contributed by atoms with Crippen molar-refractivity contribution < 1.29 is 44.2 Å². The van der Waals surface area contributed by atoms with Gasteiger partial charge in [-0.05, 0) is 57.8 Å². The minimum Gasteiger partial charge on any atom is -0.457 e. The maximum Gasteiger partial charge on any atom is 0.306 e. The van der Waals surface area contributed by atoms with Crippen molar-refractivity contribution in [2.75, 3.05) is 26.4 Å². The molecule has 9 nitrogen and oxygen atoms in total. The third-order valence-electron chi connectivity index (χ3n) is 8.20. The normalized spacial score (nSPS) is 22.4. The Balaban J connectivity index is 2.28. The van der Waals surface area contributed by atoms with Gasteiger partial charge in [0.05, 0.1) is 19.8 Å². The van der Waals surface area contributed by atoms with Crippen LogP contribution in [-0.2, 0) is 23.7 Å². The molecule has 0 aliphatic carbocycles. The summed E-state index contributed by atoms with van der Waals surface area (Å²) in [5.41, 5.74) is 0. The standard InChI is InChI=1S/C40H68O9/c1-3-5-7-9-11-12-13-14-15-16-17-18-19-20-21-22-23-24-26-28-30-46-32-34(48-36(42)29-27-25-10-8-6-4-2)33-47-40-39(45)38(44)37(43)35(31-41)49-40/h5,7,11-12,14-15,17-18,20-21,34-35,37-41,43-45H,3-4,6,8-10,13,16,19,22-33H2,1-2H3/b7-5-,12-11-,15-14-,18-17-,21-20-. The molecular formula is C40H68O9. The van der Waals surface area contributed by atoms with Crippen LogP contribution in [0, 0.1) is 0 Å². The van der Waals surface area contributed by atoms with Crippen molar-refractivity contribution >= 4 is 5.97 Å². The number of unbranched alkanes of at least 4 members (excludes halogenated alkanes) is 9. The van der Waals surface area contributed by atoms with Crippen molar-refractivity contribution in [2.45, 2.75) is 160 Å². The second kappa shape index (κ2) is 31.8. The number of hydrogen-bond acceptors (Lipinski definition) is 9. The van der Waals surface area contributed by atoms with Crippen molar-refractivity contribution in [3.63, 3.8) is 0 Å². The van der Waals surface area contributed by atoms with Crippen molar-refractivity contribution in [3.05, 3.63) is 60.8 Å². The van der Waals surface area contributed by atoms with Crippen molar-refractivity contribution in [3.8, 4) is 0 Å². The molecule has 4 N–H and O–H groups in total. The van der Waals surface area contributed by atoms with E-state index in [4.69, 9.17) is 18.9 Å². The van der Waals surface area contributed by atoms with Gasteiger partial charge in [-0.1, -0.05) is 120 Å². The minimum atomic E-state index is -1.54. The van der Waals surface area contributed by atoms with E-state index in [1.165, 1.54) is 19.3 Å². The quantitative estimate of drug-likeness (QED) is 0.0351. The summed E-state index contributed by atoms with van der Waals surface area (Å²) in [5.74, 6) is -0.337. The van der Waals surface area contributed by atoms with E-state index in [2.05, 4.69) is 74.6 Å². The molecule has 1 aliphatic heterocycles. The Morgan fingerprint density at radius 2 is 1.24 bits per heavy atom. The highest BCUT2D eigenvalue weighted by molar-refractivity contribution is 5.69. The minimum absolute atomic E-state index is 0.125. The SMILES string of the molecule is CC/C=C\C/C=C\C/C=C\C/C=C\C/C=C\CCCCCCOCC(COC1OC(CO)C(O)C(O)C1O)OC(=O)CCCCCCCC. The maximum atomic E-state index is 12.5. The summed E-state index contributed by atoms with van der Waals surface area (Å²) in [6, 6.07) is 0. The van der Waals surface area contributed by atoms with E-state index < -0.39 is 43.4 Å². The summed E-state index contributed by atoms with van der Waals surface area (Å²) in [6.07, 6.45) is 31.3. The number of carbonyl (C=O) groups is 1. The molecule has 0 saturated carbocycles. The molecule has 0 aromatic carbocycles. The lowest BCUT2D eigenvalue weighted by Crippen LogP contribution is -2.59. The van der Waals surface area contributed by atoms with Crippen molar-refractivity contribution in [1.82, 2.24) is 0 Å². The van der Waals surface area contributed by atoms with E-state index in [0.29, 0.717) is 13.0 Å². The maximum absolute atomic E-state index is 12.5. The predicted molar refractivity (Wildman–Crippen MR) is 196 cm³/mol. The molecular weight excluding hydrogens is 624 g/mol. The van der Waals surface area contributed by atoms with Gasteiger partial charge in [-0.2, -0.15) is 0 Å². The first-order valence-electron chi connectivity index (χ1n) is 18.9. The average molecular weight is 693 g/mol. The van der Waals surface area contributed by atoms with Gasteiger partial charge in [0.1, 0.15) is 30.5 Å². The lowest BCUT2D eigenvalue weighted by Gasteiger charge is -2.39. The summed E-state index contributed by atoms with van der Waals surface area (Å²) in [7, 11) is 0. The molecule has 1 rings (SSSR count). The zero-order valence-corrected chi connectivity index (χ0v) is 30.4. The van der Waals surface area contributed by atoms with E-state index in [0.717, 1.165) is 83.5 Å². The topological polar surface area (TPSA) is 135 Å². The van der Waals surface area contributed by atoms with Gasteiger partial charge in [0, 0.05) is 13.0 Å². The molecule has 1 heterocycles. The molecule has 0 spiro atoms. The fourth-order valence-electron chi connectivity index (χ4n) is 5.22. The summed E-state index contributed by atoms with van der Waals surface area (Å²) in [5, 5.41) is 39.8. The molecule has 6 unspecified atom stereocenters. The second-order valence-electron chi connectivity index (χ2n) is 12.6. The number of aliphatic hydroxyl groups excluding tert-OH is 4. The van der Waals surface area contributed by atoms with E-state index >= 15 is 0 Å². The zero-order valence-electron chi connectivity index (χ0n) is 30.4. The lowest BCUT2D eigenvalue weighted by atomic mass is 9.99. The van der Waals surface area contributed by atoms with E-state index in [1.54, 1.807) is 0 Å². The summed E-state index contributed by atoms with van der Waals surface area (Å²) >= 11 is 0. The summed E-state index contributed by atoms with van der Waals surface area (Å²) < 4.78 is 22.5. The van der Waals surface area contributed by atoms with E-state index in [1.807, 2.05) is 0 Å². The largest absolute Gasteiger partial charge is 0.457 e. The zero-order chi connectivity index (χ0) is 35.8. The molecule has 0 bridgehead atoms. The van der Waals surface area contributed by atoms with Gasteiger partial charge in [0.2, 0.25) is 0 Å². The van der Waals surface area contributed by atoms with Gasteiger partial charge >= 0.3 is 5.97 Å². The number of allylic oxidation sites excluding steroid dienone is 10. The summed E-state index contributed by atoms with van der Waals surface area (Å²) in [4.78, 5) is 12.5. The van der Waals surface area contributed by atoms with Crippen LogP contribution < -0.4 is 0 Å². The molecule has 0 amide bonds. The Kier molecular flexibility index (Phi) is 29.2. The Morgan fingerprint density at radius 3 is 1.88 bits per heavy atom. The average Bonchev–Trinajstić information content (AvgIpc) is 3.10. The third kappa shape index (κ3) is 23.8. The van der Waals surface area contributed by atoms with Crippen LogP contribution in [0.2, 0.25) is 0 Å². The first kappa shape index (κ1) is 44.9. The highest BCUT2D eigenvalue weighted by Gasteiger charge is 2.44. The fraction of sp³-hybridized carbons (Fsp3) is 0.725. The van der Waals surface area contributed by atoms with Gasteiger partial charge in [-0.15, -0.1) is 0 Å². The van der Waals surface area contributed by atoms with Gasteiger partial charge in [0.15, 0.2) is 6.29 Å². The molecule has 282 valence electrons. The summed E-state index contributed by atoms with van der Waals surface area (Å²) in [6.45, 7) is 4.28. The van der Waals surface area contributed by atoms with Crippen LogP contribution >= 0.6 is 0 Å². The first-order valence-corrected chi connectivity index (χ1v) is 18.9. The van der Waals surface area contributed by atoms with Crippen LogP contribution in [0.15, 0.2) is 60.8 Å². The van der Waals surface area contributed by atoms with Crippen LogP contribution in [0.5, 0.6) is 0 Å². The molecule has 0 aromatic rings. The molecule has 49 heavy (non-hydrogen) atoms. The number of rotatable bonds is 30. The number of esters is 1. The smallest absolute Gasteiger partial charge is 0.306 e. The molecule has 1 fully saturated rings. The van der Waals surface area contributed by atoms with Crippen LogP contribution in [0.1, 0.15) is 123 Å². The molecule has 9 heteroatoms. The molecule has 1 aliphatic rings. The first-order chi connectivity index (χ1) is 23.9. The Morgan fingerprint density at radius 1 is 0.673 bits per heavy atom. The van der Waals surface area contributed by atoms with Crippen LogP contribution in [0.25, 0.3) is 0 Å². The van der Waals surface area contributed by atoms with Gasteiger partial charge in [-0.3, -0.25) is 4.79 Å². The number of carbonyl (C=O) groups excluding carboxylic acids is 1. The third-order valence-corrected chi connectivity index (χ3v) is 8.20. The van der Waals surface area contributed by atoms with Gasteiger partial charge in [0.25, 0.3) is 0 Å². The monoisotopic (exact) mass is 692 g/mol. The van der Waals surface area contributed by atoms with Crippen LogP contribution in [-0.4, -0.2) is 89.6 Å². The predicted octanol–water partition coefficient (Wildman–Crippen LogP) is 7.18.